The van der Waals surface area contributed by atoms with E-state index in [9.17, 15) is 0 Å². The molecule has 0 unspecified atom stereocenters. The van der Waals surface area contributed by atoms with Gasteiger partial charge in [0.05, 0.1) is 5.02 Å². The first-order valence-corrected chi connectivity index (χ1v) is 6.53. The second kappa shape index (κ2) is 5.45. The topological polar surface area (TPSA) is 34.1 Å². The number of pyridine rings is 1. The van der Waals surface area contributed by atoms with Crippen molar-refractivity contribution >= 4 is 11.6 Å². The Morgan fingerprint density at radius 2 is 1.83 bits per heavy atom. The van der Waals surface area contributed by atoms with Gasteiger partial charge in [0.15, 0.2) is 0 Å². The number of hydrogen-bond acceptors (Lipinski definition) is 3. The Morgan fingerprint density at radius 1 is 1.22 bits per heavy atom. The molecular formula is C14H23ClN2O. The van der Waals surface area contributed by atoms with E-state index < -0.39 is 0 Å². The van der Waals surface area contributed by atoms with Crippen molar-refractivity contribution in [2.75, 3.05) is 0 Å². The molecule has 0 amide bonds. The number of nitrogens with zero attached hydrogens (tertiary/aromatic N) is 1. The van der Waals surface area contributed by atoms with Gasteiger partial charge >= 0.3 is 0 Å². The zero-order valence-corrected chi connectivity index (χ0v) is 12.9. The zero-order valence-electron chi connectivity index (χ0n) is 12.1. The third-order valence-corrected chi connectivity index (χ3v) is 2.47. The largest absolute Gasteiger partial charge is 0.472 e. The SMILES string of the molecule is CC(C)(C)NCc1cc(OC(C)(C)C)ncc1Cl. The maximum Gasteiger partial charge on any atom is 0.214 e. The molecule has 0 aliphatic carbocycles. The molecule has 0 aromatic carbocycles. The molecule has 1 heterocycles. The summed E-state index contributed by atoms with van der Waals surface area (Å²) in [4.78, 5) is 4.19. The highest BCUT2D eigenvalue weighted by atomic mass is 35.5. The molecule has 0 bridgehead atoms. The van der Waals surface area contributed by atoms with Crippen LogP contribution in [0, 0.1) is 0 Å². The first-order chi connectivity index (χ1) is 8.07. The van der Waals surface area contributed by atoms with Gasteiger partial charge < -0.3 is 10.1 Å². The lowest BCUT2D eigenvalue weighted by molar-refractivity contribution is 0.124. The lowest BCUT2D eigenvalue weighted by atomic mass is 10.1. The van der Waals surface area contributed by atoms with Crippen LogP contribution < -0.4 is 10.1 Å². The van der Waals surface area contributed by atoms with Gasteiger partial charge in [0.2, 0.25) is 5.88 Å². The summed E-state index contributed by atoms with van der Waals surface area (Å²) >= 11 is 6.14. The first kappa shape index (κ1) is 15.3. The Hall–Kier alpha value is -0.800. The highest BCUT2D eigenvalue weighted by Gasteiger charge is 2.15. The summed E-state index contributed by atoms with van der Waals surface area (Å²) in [5.74, 6) is 0.609. The minimum Gasteiger partial charge on any atom is -0.472 e. The number of rotatable bonds is 3. The molecule has 0 radical (unpaired) electrons. The Kier molecular flexibility index (Phi) is 4.62. The van der Waals surface area contributed by atoms with E-state index in [1.165, 1.54) is 0 Å². The van der Waals surface area contributed by atoms with Crippen molar-refractivity contribution in [3.8, 4) is 5.88 Å². The van der Waals surface area contributed by atoms with E-state index in [0.29, 0.717) is 17.4 Å². The fourth-order valence-corrected chi connectivity index (χ4v) is 1.49. The van der Waals surface area contributed by atoms with E-state index in [0.717, 1.165) is 5.56 Å². The van der Waals surface area contributed by atoms with Gasteiger partial charge in [-0.1, -0.05) is 11.6 Å². The average Bonchev–Trinajstić information content (AvgIpc) is 2.15. The van der Waals surface area contributed by atoms with Crippen LogP contribution in [0.25, 0.3) is 0 Å². The van der Waals surface area contributed by atoms with E-state index in [1.54, 1.807) is 6.20 Å². The molecule has 18 heavy (non-hydrogen) atoms. The van der Waals surface area contributed by atoms with Crippen LogP contribution in [-0.4, -0.2) is 16.1 Å². The van der Waals surface area contributed by atoms with Crippen LogP contribution in [0.2, 0.25) is 5.02 Å². The molecule has 0 aliphatic rings. The number of halogens is 1. The summed E-state index contributed by atoms with van der Waals surface area (Å²) in [6.07, 6.45) is 1.64. The van der Waals surface area contributed by atoms with E-state index in [4.69, 9.17) is 16.3 Å². The van der Waals surface area contributed by atoms with Crippen molar-refractivity contribution in [1.82, 2.24) is 10.3 Å². The minimum atomic E-state index is -0.254. The monoisotopic (exact) mass is 270 g/mol. The molecule has 102 valence electrons. The van der Waals surface area contributed by atoms with Crippen LogP contribution in [0.3, 0.4) is 0 Å². The van der Waals surface area contributed by atoms with Crippen LogP contribution in [0.4, 0.5) is 0 Å². The van der Waals surface area contributed by atoms with Gasteiger partial charge in [-0.2, -0.15) is 0 Å². The maximum atomic E-state index is 6.14. The standard InChI is InChI=1S/C14H23ClN2O/c1-13(2,3)17-8-10-7-12(16-9-11(10)15)18-14(4,5)6/h7,9,17H,8H2,1-6H3. The summed E-state index contributed by atoms with van der Waals surface area (Å²) in [5.41, 5.74) is 0.800. The molecular weight excluding hydrogens is 248 g/mol. The van der Waals surface area contributed by atoms with Gasteiger partial charge in [0.1, 0.15) is 5.60 Å². The second-order valence-electron chi connectivity index (χ2n) is 6.43. The van der Waals surface area contributed by atoms with E-state index in [2.05, 4.69) is 31.1 Å². The van der Waals surface area contributed by atoms with Crippen molar-refractivity contribution in [3.05, 3.63) is 22.8 Å². The molecule has 1 aromatic rings. The smallest absolute Gasteiger partial charge is 0.214 e. The zero-order chi connectivity index (χ0) is 14.0. The van der Waals surface area contributed by atoms with E-state index in [1.807, 2.05) is 26.8 Å². The van der Waals surface area contributed by atoms with Crippen LogP contribution >= 0.6 is 11.6 Å². The maximum absolute atomic E-state index is 6.14. The Balaban J connectivity index is 2.82. The van der Waals surface area contributed by atoms with Gasteiger partial charge in [-0.15, -0.1) is 0 Å². The quantitative estimate of drug-likeness (QED) is 0.907. The molecule has 1 N–H and O–H groups in total. The summed E-state index contributed by atoms with van der Waals surface area (Å²) in [6.45, 7) is 13.0. The van der Waals surface area contributed by atoms with Crippen LogP contribution in [0.15, 0.2) is 12.3 Å². The number of ether oxygens (including phenoxy) is 1. The Labute approximate surface area is 115 Å². The molecule has 0 spiro atoms. The lowest BCUT2D eigenvalue weighted by Gasteiger charge is -2.23. The van der Waals surface area contributed by atoms with Crippen molar-refractivity contribution in [2.24, 2.45) is 0 Å². The third-order valence-electron chi connectivity index (χ3n) is 2.13. The molecule has 3 nitrogen and oxygen atoms in total. The van der Waals surface area contributed by atoms with E-state index in [-0.39, 0.29) is 11.1 Å². The second-order valence-corrected chi connectivity index (χ2v) is 6.84. The highest BCUT2D eigenvalue weighted by Crippen LogP contribution is 2.22. The third kappa shape index (κ3) is 5.69. The summed E-state index contributed by atoms with van der Waals surface area (Å²) in [6, 6.07) is 1.90. The predicted molar refractivity (Wildman–Crippen MR) is 76.2 cm³/mol. The number of aromatic nitrogens is 1. The van der Waals surface area contributed by atoms with Crippen molar-refractivity contribution in [1.29, 1.82) is 0 Å². The van der Waals surface area contributed by atoms with E-state index >= 15 is 0 Å². The van der Waals surface area contributed by atoms with Crippen LogP contribution in [0.5, 0.6) is 5.88 Å². The van der Waals surface area contributed by atoms with Crippen molar-refractivity contribution < 1.29 is 4.74 Å². The fourth-order valence-electron chi connectivity index (χ4n) is 1.32. The van der Waals surface area contributed by atoms with Gasteiger partial charge in [0.25, 0.3) is 0 Å². The normalized spacial score (nSPS) is 12.6. The van der Waals surface area contributed by atoms with Gasteiger partial charge in [-0.3, -0.25) is 0 Å². The van der Waals surface area contributed by atoms with Gasteiger partial charge in [-0.05, 0) is 47.1 Å². The predicted octanol–water partition coefficient (Wildman–Crippen LogP) is 3.80. The average molecular weight is 271 g/mol. The molecule has 0 fully saturated rings. The van der Waals surface area contributed by atoms with Gasteiger partial charge in [-0.25, -0.2) is 4.98 Å². The number of nitrogens with one attached hydrogen (secondary N) is 1. The molecule has 0 atom stereocenters. The summed E-state index contributed by atoms with van der Waals surface area (Å²) < 4.78 is 5.73. The molecule has 0 saturated carbocycles. The summed E-state index contributed by atoms with van der Waals surface area (Å²) in [5, 5.41) is 4.06. The molecule has 1 rings (SSSR count). The van der Waals surface area contributed by atoms with Crippen molar-refractivity contribution in [3.63, 3.8) is 0 Å². The highest BCUT2D eigenvalue weighted by molar-refractivity contribution is 6.31. The fraction of sp³-hybridized carbons (Fsp3) is 0.643. The first-order valence-electron chi connectivity index (χ1n) is 6.15. The molecule has 4 heteroatoms. The molecule has 0 aliphatic heterocycles. The van der Waals surface area contributed by atoms with Crippen molar-refractivity contribution in [2.45, 2.75) is 59.2 Å². The Morgan fingerprint density at radius 3 is 2.33 bits per heavy atom. The lowest BCUT2D eigenvalue weighted by Crippen LogP contribution is -2.35. The Bertz CT molecular complexity index is 405. The number of hydrogen-bond donors (Lipinski definition) is 1. The minimum absolute atomic E-state index is 0.0532. The molecule has 1 aromatic heterocycles. The molecule has 0 saturated heterocycles. The van der Waals surface area contributed by atoms with Crippen LogP contribution in [0.1, 0.15) is 47.1 Å². The van der Waals surface area contributed by atoms with Crippen LogP contribution in [-0.2, 0) is 6.54 Å². The summed E-state index contributed by atoms with van der Waals surface area (Å²) in [7, 11) is 0. The van der Waals surface area contributed by atoms with Gasteiger partial charge in [0, 0.05) is 24.3 Å².